The third-order valence-electron chi connectivity index (χ3n) is 2.70. The summed E-state index contributed by atoms with van der Waals surface area (Å²) in [5.41, 5.74) is 1.30. The fourth-order valence-electron chi connectivity index (χ4n) is 1.69. The number of hydrogen-bond acceptors (Lipinski definition) is 3. The summed E-state index contributed by atoms with van der Waals surface area (Å²) in [7, 11) is 0. The van der Waals surface area contributed by atoms with Crippen LogP contribution in [0.1, 0.15) is 43.5 Å². The van der Waals surface area contributed by atoms with Crippen LogP contribution >= 0.6 is 12.2 Å². The van der Waals surface area contributed by atoms with Crippen LogP contribution in [0.5, 0.6) is 0 Å². The molecule has 0 fully saturated rings. The van der Waals surface area contributed by atoms with Crippen LogP contribution in [0.2, 0.25) is 0 Å². The Hall–Kier alpha value is -1.62. The molecule has 110 valence electrons. The van der Waals surface area contributed by atoms with Gasteiger partial charge in [0, 0.05) is 12.2 Å². The standard InChI is InChI=1S/C15H22N2O2S/c1-3-5-6-10-16-15(20)17-13-9-7-8-12(11-13)14(18)19-4-2/h7-9,11H,3-6,10H2,1-2H3,(H2,16,17,20). The molecule has 0 aliphatic rings. The highest BCUT2D eigenvalue weighted by atomic mass is 32.1. The topological polar surface area (TPSA) is 50.4 Å². The van der Waals surface area contributed by atoms with Crippen LogP contribution in [0.25, 0.3) is 0 Å². The van der Waals surface area contributed by atoms with Crippen LogP contribution in [0.15, 0.2) is 24.3 Å². The Bertz CT molecular complexity index is 449. The van der Waals surface area contributed by atoms with Gasteiger partial charge in [-0.05, 0) is 43.8 Å². The lowest BCUT2D eigenvalue weighted by atomic mass is 10.2. The lowest BCUT2D eigenvalue weighted by Crippen LogP contribution is -2.29. The zero-order valence-electron chi connectivity index (χ0n) is 12.1. The normalized spacial score (nSPS) is 9.90. The molecule has 0 aromatic heterocycles. The van der Waals surface area contributed by atoms with Gasteiger partial charge in [0.15, 0.2) is 5.11 Å². The highest BCUT2D eigenvalue weighted by Gasteiger charge is 2.07. The minimum absolute atomic E-state index is 0.321. The zero-order chi connectivity index (χ0) is 14.8. The third-order valence-corrected chi connectivity index (χ3v) is 2.94. The number of carbonyl (C=O) groups excluding carboxylic acids is 1. The molecule has 2 N–H and O–H groups in total. The monoisotopic (exact) mass is 294 g/mol. The molecule has 0 amide bonds. The number of esters is 1. The largest absolute Gasteiger partial charge is 0.462 e. The maximum atomic E-state index is 11.6. The van der Waals surface area contributed by atoms with Crippen LogP contribution in [-0.2, 0) is 4.74 Å². The van der Waals surface area contributed by atoms with E-state index in [1.807, 2.05) is 6.07 Å². The fourth-order valence-corrected chi connectivity index (χ4v) is 1.91. The van der Waals surface area contributed by atoms with Crippen molar-refractivity contribution in [1.29, 1.82) is 0 Å². The Morgan fingerprint density at radius 2 is 2.10 bits per heavy atom. The minimum Gasteiger partial charge on any atom is -0.462 e. The Balaban J connectivity index is 2.49. The maximum absolute atomic E-state index is 11.6. The number of nitrogens with one attached hydrogen (secondary N) is 2. The number of hydrogen-bond donors (Lipinski definition) is 2. The Morgan fingerprint density at radius 1 is 1.30 bits per heavy atom. The van der Waals surface area contributed by atoms with E-state index in [0.717, 1.165) is 18.7 Å². The van der Waals surface area contributed by atoms with Gasteiger partial charge in [-0.3, -0.25) is 0 Å². The Labute approximate surface area is 125 Å². The first kappa shape index (κ1) is 16.4. The van der Waals surface area contributed by atoms with E-state index in [0.29, 0.717) is 17.3 Å². The van der Waals surface area contributed by atoms with E-state index >= 15 is 0 Å². The minimum atomic E-state index is -0.321. The molecule has 0 aliphatic heterocycles. The summed E-state index contributed by atoms with van der Waals surface area (Å²) >= 11 is 5.21. The fraction of sp³-hybridized carbons (Fsp3) is 0.467. The van der Waals surface area contributed by atoms with Crippen molar-refractivity contribution in [3.63, 3.8) is 0 Å². The van der Waals surface area contributed by atoms with Gasteiger partial charge in [-0.15, -0.1) is 0 Å². The highest BCUT2D eigenvalue weighted by Crippen LogP contribution is 2.11. The van der Waals surface area contributed by atoms with E-state index in [1.165, 1.54) is 12.8 Å². The number of carbonyl (C=O) groups is 1. The van der Waals surface area contributed by atoms with E-state index in [2.05, 4.69) is 17.6 Å². The van der Waals surface area contributed by atoms with E-state index in [9.17, 15) is 4.79 Å². The number of ether oxygens (including phenoxy) is 1. The molecule has 1 rings (SSSR count). The molecular weight excluding hydrogens is 272 g/mol. The maximum Gasteiger partial charge on any atom is 0.338 e. The number of anilines is 1. The molecule has 0 bridgehead atoms. The average molecular weight is 294 g/mol. The van der Waals surface area contributed by atoms with Crippen molar-refractivity contribution in [1.82, 2.24) is 5.32 Å². The molecule has 0 atom stereocenters. The van der Waals surface area contributed by atoms with Crippen LogP contribution in [-0.4, -0.2) is 24.2 Å². The van der Waals surface area contributed by atoms with Gasteiger partial charge < -0.3 is 15.4 Å². The Morgan fingerprint density at radius 3 is 2.80 bits per heavy atom. The second kappa shape index (κ2) is 9.31. The lowest BCUT2D eigenvalue weighted by molar-refractivity contribution is 0.0526. The van der Waals surface area contributed by atoms with Crippen LogP contribution < -0.4 is 10.6 Å². The second-order valence-electron chi connectivity index (χ2n) is 4.39. The van der Waals surface area contributed by atoms with E-state index < -0.39 is 0 Å². The molecular formula is C15H22N2O2S. The van der Waals surface area contributed by atoms with Gasteiger partial charge in [-0.1, -0.05) is 25.8 Å². The molecule has 0 saturated carbocycles. The summed E-state index contributed by atoms with van der Waals surface area (Å²) in [4.78, 5) is 11.6. The van der Waals surface area contributed by atoms with E-state index in [1.54, 1.807) is 25.1 Å². The first-order valence-corrected chi connectivity index (χ1v) is 7.40. The number of rotatable bonds is 7. The van der Waals surface area contributed by atoms with Gasteiger partial charge in [-0.25, -0.2) is 4.79 Å². The predicted molar refractivity (Wildman–Crippen MR) is 86.1 cm³/mol. The van der Waals surface area contributed by atoms with Gasteiger partial charge in [0.05, 0.1) is 12.2 Å². The summed E-state index contributed by atoms with van der Waals surface area (Å²) in [6.07, 6.45) is 3.47. The van der Waals surface area contributed by atoms with Crippen molar-refractivity contribution in [3.8, 4) is 0 Å². The molecule has 0 aliphatic carbocycles. The van der Waals surface area contributed by atoms with Crippen molar-refractivity contribution in [2.75, 3.05) is 18.5 Å². The summed E-state index contributed by atoms with van der Waals surface area (Å²) in [6.45, 7) is 5.18. The van der Waals surface area contributed by atoms with Gasteiger partial charge in [-0.2, -0.15) is 0 Å². The highest BCUT2D eigenvalue weighted by molar-refractivity contribution is 7.80. The molecule has 1 aromatic carbocycles. The van der Waals surface area contributed by atoms with Gasteiger partial charge in [0.25, 0.3) is 0 Å². The van der Waals surface area contributed by atoms with E-state index in [-0.39, 0.29) is 5.97 Å². The molecule has 20 heavy (non-hydrogen) atoms. The summed E-state index contributed by atoms with van der Waals surface area (Å²) in [5, 5.41) is 6.78. The van der Waals surface area contributed by atoms with Crippen LogP contribution in [0.3, 0.4) is 0 Å². The molecule has 0 radical (unpaired) electrons. The average Bonchev–Trinajstić information content (AvgIpc) is 2.44. The molecule has 1 aromatic rings. The van der Waals surface area contributed by atoms with E-state index in [4.69, 9.17) is 17.0 Å². The van der Waals surface area contributed by atoms with Crippen molar-refractivity contribution in [2.24, 2.45) is 0 Å². The summed E-state index contributed by atoms with van der Waals surface area (Å²) < 4.78 is 4.96. The number of unbranched alkanes of at least 4 members (excludes halogenated alkanes) is 2. The van der Waals surface area contributed by atoms with Gasteiger partial charge in [0.1, 0.15) is 0 Å². The van der Waals surface area contributed by atoms with Crippen molar-refractivity contribution >= 4 is 29.0 Å². The number of benzene rings is 1. The molecule has 4 nitrogen and oxygen atoms in total. The van der Waals surface area contributed by atoms with Crippen molar-refractivity contribution < 1.29 is 9.53 Å². The third kappa shape index (κ3) is 6.02. The van der Waals surface area contributed by atoms with Crippen molar-refractivity contribution in [2.45, 2.75) is 33.1 Å². The first-order chi connectivity index (χ1) is 9.67. The quantitative estimate of drug-likeness (QED) is 0.459. The van der Waals surface area contributed by atoms with Gasteiger partial charge >= 0.3 is 5.97 Å². The zero-order valence-corrected chi connectivity index (χ0v) is 12.9. The first-order valence-electron chi connectivity index (χ1n) is 6.99. The molecule has 5 heteroatoms. The molecule has 0 saturated heterocycles. The smallest absolute Gasteiger partial charge is 0.338 e. The Kier molecular flexibility index (Phi) is 7.65. The van der Waals surface area contributed by atoms with Crippen molar-refractivity contribution in [3.05, 3.63) is 29.8 Å². The number of thiocarbonyl (C=S) groups is 1. The predicted octanol–water partition coefficient (Wildman–Crippen LogP) is 3.34. The second-order valence-corrected chi connectivity index (χ2v) is 4.80. The molecule has 0 heterocycles. The SMILES string of the molecule is CCCCCNC(=S)Nc1cccc(C(=O)OCC)c1. The lowest BCUT2D eigenvalue weighted by Gasteiger charge is -2.11. The molecule has 0 unspecified atom stereocenters. The summed E-state index contributed by atoms with van der Waals surface area (Å²) in [6, 6.07) is 7.12. The van der Waals surface area contributed by atoms with Gasteiger partial charge in [0.2, 0.25) is 0 Å². The van der Waals surface area contributed by atoms with Crippen LogP contribution in [0.4, 0.5) is 5.69 Å². The molecule has 0 spiro atoms. The summed E-state index contributed by atoms with van der Waals surface area (Å²) in [5.74, 6) is -0.321. The van der Waals surface area contributed by atoms with Crippen LogP contribution in [0, 0.1) is 0 Å².